The summed E-state index contributed by atoms with van der Waals surface area (Å²) < 4.78 is 57.4. The van der Waals surface area contributed by atoms with Gasteiger partial charge in [0.25, 0.3) is 0 Å². The summed E-state index contributed by atoms with van der Waals surface area (Å²) >= 11 is 0. The molecule has 29 heavy (non-hydrogen) atoms. The lowest BCUT2D eigenvalue weighted by atomic mass is 10.0. The molecule has 0 atom stereocenters. The predicted molar refractivity (Wildman–Crippen MR) is 106 cm³/mol. The quantitative estimate of drug-likeness (QED) is 0.225. The second kappa shape index (κ2) is 6.48. The number of para-hydroxylation sites is 2. The molecule has 5 heteroatoms. The first-order valence-corrected chi connectivity index (χ1v) is 8.98. The van der Waals surface area contributed by atoms with Crippen LogP contribution in [0.15, 0.2) is 78.9 Å². The van der Waals surface area contributed by atoms with E-state index in [4.69, 9.17) is 0 Å². The van der Waals surface area contributed by atoms with Crippen LogP contribution in [0, 0.1) is 23.3 Å². The second-order valence-corrected chi connectivity index (χ2v) is 6.76. The maximum atomic E-state index is 14.1. The van der Waals surface area contributed by atoms with Gasteiger partial charge in [0.2, 0.25) is 0 Å². The lowest BCUT2D eigenvalue weighted by molar-refractivity contribution is 0.458. The summed E-state index contributed by atoms with van der Waals surface area (Å²) in [5, 5.41) is 2.16. The summed E-state index contributed by atoms with van der Waals surface area (Å²) in [5.41, 5.74) is 2.08. The van der Waals surface area contributed by atoms with Crippen molar-refractivity contribution in [2.45, 2.75) is 0 Å². The molecule has 1 heterocycles. The topological polar surface area (TPSA) is 4.93 Å². The molecule has 0 aliphatic heterocycles. The van der Waals surface area contributed by atoms with E-state index in [1.165, 1.54) is 12.1 Å². The number of hydrogen-bond donors (Lipinski definition) is 0. The van der Waals surface area contributed by atoms with Crippen LogP contribution in [-0.4, -0.2) is 4.57 Å². The van der Waals surface area contributed by atoms with E-state index >= 15 is 0 Å². The minimum absolute atomic E-state index is 0.0583. The Labute approximate surface area is 163 Å². The molecule has 0 bridgehead atoms. The highest BCUT2D eigenvalue weighted by atomic mass is 19.2. The van der Waals surface area contributed by atoms with E-state index in [0.29, 0.717) is 0 Å². The maximum Gasteiger partial charge on any atom is 0.169 e. The van der Waals surface area contributed by atoms with Crippen LogP contribution in [0.3, 0.4) is 0 Å². The van der Waals surface area contributed by atoms with E-state index in [1.54, 1.807) is 12.1 Å². The van der Waals surface area contributed by atoms with E-state index in [2.05, 4.69) is 0 Å². The number of hydrogen-bond acceptors (Lipinski definition) is 0. The maximum absolute atomic E-state index is 14.1. The minimum atomic E-state index is -1.43. The Morgan fingerprint density at radius 3 is 1.55 bits per heavy atom. The van der Waals surface area contributed by atoms with Crippen molar-refractivity contribution in [1.82, 2.24) is 4.57 Å². The van der Waals surface area contributed by atoms with Crippen molar-refractivity contribution < 1.29 is 17.6 Å². The van der Waals surface area contributed by atoms with Crippen LogP contribution in [-0.2, 0) is 0 Å². The summed E-state index contributed by atoms with van der Waals surface area (Å²) in [7, 11) is 0. The van der Waals surface area contributed by atoms with Gasteiger partial charge in [-0.3, -0.25) is 0 Å². The first-order chi connectivity index (χ1) is 14.1. The third-order valence-electron chi connectivity index (χ3n) is 5.11. The third kappa shape index (κ3) is 2.62. The Hall–Kier alpha value is -3.60. The van der Waals surface area contributed by atoms with Crippen molar-refractivity contribution in [1.29, 1.82) is 0 Å². The molecule has 142 valence electrons. The van der Waals surface area contributed by atoms with Crippen molar-refractivity contribution in [3.05, 3.63) is 102 Å². The standard InChI is InChI=1S/C24H13F4N/c25-18-13-19(26)24(28)22(23(18)27)14-9-11-15(12-10-14)29-20-7-3-1-5-16(20)17-6-2-4-8-21(17)29/h1-13H. The van der Waals surface area contributed by atoms with Gasteiger partial charge in [0.1, 0.15) is 0 Å². The van der Waals surface area contributed by atoms with Gasteiger partial charge >= 0.3 is 0 Å². The number of nitrogens with zero attached hydrogens (tertiary/aromatic N) is 1. The number of rotatable bonds is 2. The van der Waals surface area contributed by atoms with Gasteiger partial charge in [-0.25, -0.2) is 17.6 Å². The van der Waals surface area contributed by atoms with Gasteiger partial charge in [0.15, 0.2) is 23.3 Å². The molecule has 0 spiro atoms. The van der Waals surface area contributed by atoms with Gasteiger partial charge in [-0.1, -0.05) is 48.5 Å². The monoisotopic (exact) mass is 391 g/mol. The zero-order valence-corrected chi connectivity index (χ0v) is 15.0. The smallest absolute Gasteiger partial charge is 0.169 e. The first kappa shape index (κ1) is 17.5. The molecular weight excluding hydrogens is 378 g/mol. The van der Waals surface area contributed by atoms with Gasteiger partial charge in [0.05, 0.1) is 16.6 Å². The van der Waals surface area contributed by atoms with Crippen molar-refractivity contribution >= 4 is 21.8 Å². The van der Waals surface area contributed by atoms with Crippen LogP contribution in [0.25, 0.3) is 38.6 Å². The van der Waals surface area contributed by atoms with E-state index in [-0.39, 0.29) is 11.6 Å². The fraction of sp³-hybridized carbons (Fsp3) is 0. The van der Waals surface area contributed by atoms with Crippen LogP contribution >= 0.6 is 0 Å². The Morgan fingerprint density at radius 2 is 1.03 bits per heavy atom. The van der Waals surface area contributed by atoms with Gasteiger partial charge in [-0.2, -0.15) is 0 Å². The molecule has 0 N–H and O–H groups in total. The highest BCUT2D eigenvalue weighted by Crippen LogP contribution is 2.34. The highest BCUT2D eigenvalue weighted by molar-refractivity contribution is 6.09. The van der Waals surface area contributed by atoms with Crippen molar-refractivity contribution in [2.75, 3.05) is 0 Å². The summed E-state index contributed by atoms with van der Waals surface area (Å²) in [6.07, 6.45) is 0. The molecule has 0 unspecified atom stereocenters. The molecule has 0 radical (unpaired) electrons. The molecule has 0 amide bonds. The van der Waals surface area contributed by atoms with E-state index in [1.807, 2.05) is 53.1 Å². The van der Waals surface area contributed by atoms with Gasteiger partial charge in [-0.05, 0) is 29.8 Å². The van der Waals surface area contributed by atoms with E-state index < -0.39 is 28.8 Å². The Morgan fingerprint density at radius 1 is 0.552 bits per heavy atom. The fourth-order valence-electron chi connectivity index (χ4n) is 3.80. The Kier molecular flexibility index (Phi) is 3.91. The average molecular weight is 391 g/mol. The molecule has 1 nitrogen and oxygen atoms in total. The molecule has 0 saturated heterocycles. The second-order valence-electron chi connectivity index (χ2n) is 6.76. The Balaban J connectivity index is 1.72. The van der Waals surface area contributed by atoms with E-state index in [9.17, 15) is 17.6 Å². The highest BCUT2D eigenvalue weighted by Gasteiger charge is 2.20. The number of fused-ring (bicyclic) bond motifs is 3. The van der Waals surface area contributed by atoms with Crippen molar-refractivity contribution in [2.24, 2.45) is 0 Å². The minimum Gasteiger partial charge on any atom is -0.309 e. The molecule has 1 aromatic heterocycles. The molecule has 0 aliphatic carbocycles. The van der Waals surface area contributed by atoms with Crippen molar-refractivity contribution in [3.8, 4) is 16.8 Å². The van der Waals surface area contributed by atoms with Gasteiger partial charge < -0.3 is 4.57 Å². The lowest BCUT2D eigenvalue weighted by Gasteiger charge is -2.11. The van der Waals surface area contributed by atoms with Crippen molar-refractivity contribution in [3.63, 3.8) is 0 Å². The molecule has 0 aliphatic rings. The average Bonchev–Trinajstić information content (AvgIpc) is 3.08. The molecule has 4 aromatic carbocycles. The van der Waals surface area contributed by atoms with Gasteiger partial charge in [0, 0.05) is 22.5 Å². The largest absolute Gasteiger partial charge is 0.309 e. The number of halogens is 4. The summed E-state index contributed by atoms with van der Waals surface area (Å²) in [6.45, 7) is 0. The number of benzene rings is 4. The first-order valence-electron chi connectivity index (χ1n) is 8.98. The van der Waals surface area contributed by atoms with Crippen LogP contribution in [0.2, 0.25) is 0 Å². The van der Waals surface area contributed by atoms with Crippen LogP contribution in [0.4, 0.5) is 17.6 Å². The summed E-state index contributed by atoms with van der Waals surface area (Å²) in [5.74, 6) is -5.67. The van der Waals surface area contributed by atoms with Crippen LogP contribution < -0.4 is 0 Å². The van der Waals surface area contributed by atoms with Crippen LogP contribution in [0.1, 0.15) is 0 Å². The zero-order valence-electron chi connectivity index (χ0n) is 15.0. The molecular formula is C24H13F4N. The molecule has 0 fully saturated rings. The van der Waals surface area contributed by atoms with Crippen LogP contribution in [0.5, 0.6) is 0 Å². The summed E-state index contributed by atoms with van der Waals surface area (Å²) in [6, 6.07) is 22.3. The summed E-state index contributed by atoms with van der Waals surface area (Å²) in [4.78, 5) is 0. The molecule has 5 aromatic rings. The number of aromatic nitrogens is 1. The molecule has 5 rings (SSSR count). The normalized spacial score (nSPS) is 11.4. The lowest BCUT2D eigenvalue weighted by Crippen LogP contribution is -1.99. The fourth-order valence-corrected chi connectivity index (χ4v) is 3.80. The predicted octanol–water partition coefficient (Wildman–Crippen LogP) is 7.01. The van der Waals surface area contributed by atoms with E-state index in [0.717, 1.165) is 27.5 Å². The molecule has 0 saturated carbocycles. The third-order valence-corrected chi connectivity index (χ3v) is 5.11. The van der Waals surface area contributed by atoms with Gasteiger partial charge in [-0.15, -0.1) is 0 Å². The Bertz CT molecular complexity index is 1300. The SMILES string of the molecule is Fc1cc(F)c(F)c(-c2ccc(-n3c4ccccc4c4ccccc43)cc2)c1F. The zero-order chi connectivity index (χ0) is 20.1.